The summed E-state index contributed by atoms with van der Waals surface area (Å²) in [6.07, 6.45) is 0. The van der Waals surface area contributed by atoms with E-state index in [1.165, 1.54) is 11.3 Å². The number of piperazine rings is 1. The van der Waals surface area contributed by atoms with Crippen molar-refractivity contribution in [3.63, 3.8) is 0 Å². The molecule has 1 aliphatic heterocycles. The van der Waals surface area contributed by atoms with Crippen molar-refractivity contribution in [2.24, 2.45) is 0 Å². The third-order valence-corrected chi connectivity index (χ3v) is 4.54. The molecule has 1 aliphatic rings. The van der Waals surface area contributed by atoms with Crippen LogP contribution in [0.4, 0.5) is 5.13 Å². The molecule has 0 spiro atoms. The van der Waals surface area contributed by atoms with Gasteiger partial charge in [-0.25, -0.2) is 4.98 Å². The summed E-state index contributed by atoms with van der Waals surface area (Å²) in [6.45, 7) is 13.8. The van der Waals surface area contributed by atoms with Crippen molar-refractivity contribution in [3.05, 3.63) is 10.6 Å². The SMILES string of the molecule is CCN1CCN(c2nc(C(C)(C)C)c(C#N)s2)CC1. The molecule has 2 rings (SSSR count). The van der Waals surface area contributed by atoms with Crippen LogP contribution in [0.5, 0.6) is 0 Å². The topological polar surface area (TPSA) is 43.2 Å². The molecule has 5 heteroatoms. The maximum absolute atomic E-state index is 9.27. The van der Waals surface area contributed by atoms with Gasteiger partial charge in [-0.15, -0.1) is 0 Å². The first-order valence-electron chi connectivity index (χ1n) is 6.84. The lowest BCUT2D eigenvalue weighted by atomic mass is 9.91. The molecule has 1 saturated heterocycles. The van der Waals surface area contributed by atoms with Crippen LogP contribution < -0.4 is 4.90 Å². The maximum Gasteiger partial charge on any atom is 0.186 e. The van der Waals surface area contributed by atoms with Crippen molar-refractivity contribution < 1.29 is 0 Å². The minimum absolute atomic E-state index is 0.0644. The number of likely N-dealkylation sites (N-methyl/N-ethyl adjacent to an activating group) is 1. The summed E-state index contributed by atoms with van der Waals surface area (Å²) in [5, 5.41) is 10.3. The van der Waals surface area contributed by atoms with E-state index >= 15 is 0 Å². The molecule has 0 N–H and O–H groups in total. The Kier molecular flexibility index (Phi) is 4.12. The van der Waals surface area contributed by atoms with Crippen molar-refractivity contribution in [3.8, 4) is 6.07 Å². The highest BCUT2D eigenvalue weighted by molar-refractivity contribution is 7.16. The molecular formula is C14H22N4S. The Bertz CT molecular complexity index is 473. The largest absolute Gasteiger partial charge is 0.345 e. The lowest BCUT2D eigenvalue weighted by Gasteiger charge is -2.33. The number of hydrogen-bond acceptors (Lipinski definition) is 5. The van der Waals surface area contributed by atoms with Crippen molar-refractivity contribution in [1.29, 1.82) is 5.26 Å². The second-order valence-electron chi connectivity index (χ2n) is 5.96. The Morgan fingerprint density at radius 3 is 2.32 bits per heavy atom. The van der Waals surface area contributed by atoms with Crippen LogP contribution in [0.2, 0.25) is 0 Å². The third kappa shape index (κ3) is 3.07. The predicted octanol–water partition coefficient (Wildman–Crippen LogP) is 2.45. The van der Waals surface area contributed by atoms with Gasteiger partial charge in [0, 0.05) is 31.6 Å². The lowest BCUT2D eigenvalue weighted by molar-refractivity contribution is 0.271. The van der Waals surface area contributed by atoms with Crippen LogP contribution in [0.15, 0.2) is 0 Å². The monoisotopic (exact) mass is 278 g/mol. The van der Waals surface area contributed by atoms with Crippen LogP contribution in [-0.2, 0) is 5.41 Å². The number of nitriles is 1. The average molecular weight is 278 g/mol. The van der Waals surface area contributed by atoms with E-state index in [0.29, 0.717) is 0 Å². The highest BCUT2D eigenvalue weighted by Crippen LogP contribution is 2.33. The number of anilines is 1. The molecule has 0 amide bonds. The normalized spacial score (nSPS) is 17.5. The molecule has 0 radical (unpaired) electrons. The van der Waals surface area contributed by atoms with Crippen molar-refractivity contribution >= 4 is 16.5 Å². The van der Waals surface area contributed by atoms with E-state index in [-0.39, 0.29) is 5.41 Å². The summed E-state index contributed by atoms with van der Waals surface area (Å²) in [7, 11) is 0. The van der Waals surface area contributed by atoms with Gasteiger partial charge >= 0.3 is 0 Å². The van der Waals surface area contributed by atoms with Crippen molar-refractivity contribution in [1.82, 2.24) is 9.88 Å². The van der Waals surface area contributed by atoms with E-state index < -0.39 is 0 Å². The fourth-order valence-electron chi connectivity index (χ4n) is 2.28. The first kappa shape index (κ1) is 14.3. The van der Waals surface area contributed by atoms with Gasteiger partial charge in [0.1, 0.15) is 10.9 Å². The second kappa shape index (κ2) is 5.48. The summed E-state index contributed by atoms with van der Waals surface area (Å²) in [4.78, 5) is 10.3. The van der Waals surface area contributed by atoms with Gasteiger partial charge in [0.15, 0.2) is 5.13 Å². The summed E-state index contributed by atoms with van der Waals surface area (Å²) in [6, 6.07) is 2.30. The first-order chi connectivity index (χ1) is 8.95. The molecule has 0 unspecified atom stereocenters. The van der Waals surface area contributed by atoms with Crippen LogP contribution in [0, 0.1) is 11.3 Å². The van der Waals surface area contributed by atoms with Gasteiger partial charge in [0.2, 0.25) is 0 Å². The Morgan fingerprint density at radius 2 is 1.89 bits per heavy atom. The number of thiazole rings is 1. The Morgan fingerprint density at radius 1 is 1.26 bits per heavy atom. The summed E-state index contributed by atoms with van der Waals surface area (Å²) < 4.78 is 0. The molecule has 2 heterocycles. The molecule has 0 atom stereocenters. The minimum atomic E-state index is -0.0644. The van der Waals surface area contributed by atoms with Gasteiger partial charge in [0.25, 0.3) is 0 Å². The Hall–Kier alpha value is -1.12. The van der Waals surface area contributed by atoms with E-state index in [4.69, 9.17) is 4.98 Å². The lowest BCUT2D eigenvalue weighted by Crippen LogP contribution is -2.46. The highest BCUT2D eigenvalue weighted by atomic mass is 32.1. The van der Waals surface area contributed by atoms with E-state index in [0.717, 1.165) is 48.4 Å². The van der Waals surface area contributed by atoms with Gasteiger partial charge in [-0.1, -0.05) is 39.0 Å². The van der Waals surface area contributed by atoms with E-state index in [2.05, 4.69) is 43.6 Å². The Balaban J connectivity index is 2.19. The maximum atomic E-state index is 9.27. The molecule has 0 aromatic carbocycles. The fourth-order valence-corrected chi connectivity index (χ4v) is 3.41. The minimum Gasteiger partial charge on any atom is -0.345 e. The smallest absolute Gasteiger partial charge is 0.186 e. The van der Waals surface area contributed by atoms with Crippen LogP contribution in [0.1, 0.15) is 38.3 Å². The van der Waals surface area contributed by atoms with E-state index in [1.54, 1.807) is 0 Å². The van der Waals surface area contributed by atoms with Gasteiger partial charge in [0.05, 0.1) is 5.69 Å². The Labute approximate surface area is 119 Å². The van der Waals surface area contributed by atoms with Crippen LogP contribution in [0.3, 0.4) is 0 Å². The van der Waals surface area contributed by atoms with Crippen LogP contribution >= 0.6 is 11.3 Å². The molecule has 0 bridgehead atoms. The molecular weight excluding hydrogens is 256 g/mol. The zero-order chi connectivity index (χ0) is 14.0. The van der Waals surface area contributed by atoms with Crippen LogP contribution in [0.25, 0.3) is 0 Å². The molecule has 1 aromatic heterocycles. The number of aromatic nitrogens is 1. The first-order valence-corrected chi connectivity index (χ1v) is 7.66. The summed E-state index contributed by atoms with van der Waals surface area (Å²) in [5.74, 6) is 0. The van der Waals surface area contributed by atoms with E-state index in [9.17, 15) is 5.26 Å². The molecule has 104 valence electrons. The predicted molar refractivity (Wildman–Crippen MR) is 79.9 cm³/mol. The quantitative estimate of drug-likeness (QED) is 0.833. The molecule has 19 heavy (non-hydrogen) atoms. The third-order valence-electron chi connectivity index (χ3n) is 3.52. The van der Waals surface area contributed by atoms with Gasteiger partial charge in [-0.05, 0) is 6.54 Å². The number of rotatable bonds is 2. The van der Waals surface area contributed by atoms with E-state index in [1.807, 2.05) is 0 Å². The molecule has 1 aromatic rings. The van der Waals surface area contributed by atoms with Crippen molar-refractivity contribution in [2.45, 2.75) is 33.1 Å². The fraction of sp³-hybridized carbons (Fsp3) is 0.714. The summed E-state index contributed by atoms with van der Waals surface area (Å²) in [5.41, 5.74) is 0.873. The van der Waals surface area contributed by atoms with Gasteiger partial charge in [-0.2, -0.15) is 5.26 Å². The number of nitrogens with zero attached hydrogens (tertiary/aromatic N) is 4. The molecule has 0 saturated carbocycles. The highest BCUT2D eigenvalue weighted by Gasteiger charge is 2.26. The molecule has 4 nitrogen and oxygen atoms in total. The van der Waals surface area contributed by atoms with Gasteiger partial charge < -0.3 is 9.80 Å². The second-order valence-corrected chi connectivity index (χ2v) is 6.93. The standard InChI is InChI=1S/C14H22N4S/c1-5-17-6-8-18(9-7-17)13-16-12(14(2,3)4)11(10-15)19-13/h5-9H2,1-4H3. The average Bonchev–Trinajstić information content (AvgIpc) is 2.83. The zero-order valence-corrected chi connectivity index (χ0v) is 13.0. The van der Waals surface area contributed by atoms with Crippen molar-refractivity contribution in [2.75, 3.05) is 37.6 Å². The zero-order valence-electron chi connectivity index (χ0n) is 12.2. The number of hydrogen-bond donors (Lipinski definition) is 0. The van der Waals surface area contributed by atoms with Gasteiger partial charge in [-0.3, -0.25) is 0 Å². The molecule has 0 aliphatic carbocycles. The summed E-state index contributed by atoms with van der Waals surface area (Å²) >= 11 is 1.54. The van der Waals surface area contributed by atoms with Crippen LogP contribution in [-0.4, -0.2) is 42.6 Å². The molecule has 1 fully saturated rings.